The fraction of sp³-hybridized carbons (Fsp3) is 0.625. The van der Waals surface area contributed by atoms with Crippen LogP contribution in [-0.2, 0) is 0 Å². The topological polar surface area (TPSA) is 21.3 Å². The van der Waals surface area contributed by atoms with E-state index in [1.54, 1.807) is 0 Å². The number of halogens is 1. The first kappa shape index (κ1) is 14.9. The van der Waals surface area contributed by atoms with Gasteiger partial charge in [-0.2, -0.15) is 0 Å². The Labute approximate surface area is 125 Å². The molecule has 0 aliphatic heterocycles. The summed E-state index contributed by atoms with van der Waals surface area (Å²) in [5, 5.41) is 3.63. The zero-order valence-corrected chi connectivity index (χ0v) is 13.3. The molecule has 1 aromatic carbocycles. The van der Waals surface area contributed by atoms with Crippen LogP contribution in [0.25, 0.3) is 0 Å². The number of benzene rings is 1. The minimum absolute atomic E-state index is 0.703. The third-order valence-electron chi connectivity index (χ3n) is 3.80. The Morgan fingerprint density at radius 1 is 1.21 bits per heavy atom. The van der Waals surface area contributed by atoms with Gasteiger partial charge in [0.1, 0.15) is 12.4 Å². The molecule has 0 bridgehead atoms. The summed E-state index contributed by atoms with van der Waals surface area (Å²) in [5.74, 6) is 0.983. The van der Waals surface area contributed by atoms with Crippen LogP contribution in [0.5, 0.6) is 5.75 Å². The van der Waals surface area contributed by atoms with Gasteiger partial charge >= 0.3 is 0 Å². The number of ether oxygens (including phenoxy) is 1. The zero-order chi connectivity index (χ0) is 13.5. The molecule has 0 radical (unpaired) electrons. The molecule has 0 heterocycles. The van der Waals surface area contributed by atoms with Gasteiger partial charge in [0.15, 0.2) is 0 Å². The van der Waals surface area contributed by atoms with Crippen molar-refractivity contribution in [1.29, 1.82) is 0 Å². The van der Waals surface area contributed by atoms with Crippen LogP contribution >= 0.6 is 15.9 Å². The molecule has 0 unspecified atom stereocenters. The highest BCUT2D eigenvalue weighted by atomic mass is 79.9. The lowest BCUT2D eigenvalue weighted by Gasteiger charge is -2.16. The first-order valence-corrected chi connectivity index (χ1v) is 8.17. The summed E-state index contributed by atoms with van der Waals surface area (Å²) < 4.78 is 6.92. The molecule has 3 heteroatoms. The third kappa shape index (κ3) is 5.15. The van der Waals surface area contributed by atoms with Gasteiger partial charge in [-0.05, 0) is 37.5 Å². The van der Waals surface area contributed by atoms with Crippen molar-refractivity contribution >= 4 is 15.9 Å². The summed E-state index contributed by atoms with van der Waals surface area (Å²) >= 11 is 3.48. The van der Waals surface area contributed by atoms with Gasteiger partial charge in [-0.1, -0.05) is 47.7 Å². The number of rotatable bonds is 5. The monoisotopic (exact) mass is 325 g/mol. The Morgan fingerprint density at radius 3 is 2.68 bits per heavy atom. The first-order valence-electron chi connectivity index (χ1n) is 7.38. The van der Waals surface area contributed by atoms with Crippen LogP contribution < -0.4 is 10.1 Å². The Hall–Kier alpha value is -0.540. The van der Waals surface area contributed by atoms with Gasteiger partial charge in [-0.15, -0.1) is 0 Å². The Balaban J connectivity index is 1.69. The van der Waals surface area contributed by atoms with E-state index in [9.17, 15) is 0 Å². The molecular weight excluding hydrogens is 302 g/mol. The van der Waals surface area contributed by atoms with Crippen molar-refractivity contribution in [1.82, 2.24) is 5.32 Å². The highest BCUT2D eigenvalue weighted by molar-refractivity contribution is 9.10. The van der Waals surface area contributed by atoms with Crippen LogP contribution in [0.3, 0.4) is 0 Å². The molecule has 2 nitrogen and oxygen atoms in total. The lowest BCUT2D eigenvalue weighted by atomic mass is 10.1. The predicted octanol–water partition coefficient (Wildman–Crippen LogP) is 4.45. The van der Waals surface area contributed by atoms with E-state index in [0.29, 0.717) is 6.04 Å². The number of nitrogens with one attached hydrogen (secondary N) is 1. The van der Waals surface area contributed by atoms with Gasteiger partial charge in [-0.25, -0.2) is 0 Å². The van der Waals surface area contributed by atoms with Crippen LogP contribution in [0.15, 0.2) is 22.7 Å². The fourth-order valence-electron chi connectivity index (χ4n) is 2.64. The van der Waals surface area contributed by atoms with E-state index in [-0.39, 0.29) is 0 Å². The van der Waals surface area contributed by atoms with E-state index in [1.807, 2.05) is 12.1 Å². The molecule has 0 amide bonds. The molecule has 1 aliphatic rings. The predicted molar refractivity (Wildman–Crippen MR) is 83.9 cm³/mol. The van der Waals surface area contributed by atoms with Crippen molar-refractivity contribution in [3.05, 3.63) is 28.2 Å². The maximum absolute atomic E-state index is 5.85. The summed E-state index contributed by atoms with van der Waals surface area (Å²) in [5.41, 5.74) is 1.19. The molecule has 1 saturated carbocycles. The summed E-state index contributed by atoms with van der Waals surface area (Å²) in [6, 6.07) is 6.88. The van der Waals surface area contributed by atoms with Crippen LogP contribution in [0.1, 0.15) is 44.1 Å². The molecule has 0 aromatic heterocycles. The quantitative estimate of drug-likeness (QED) is 0.638. The molecule has 2 rings (SSSR count). The van der Waals surface area contributed by atoms with Gasteiger partial charge in [-0.3, -0.25) is 0 Å². The van der Waals surface area contributed by atoms with Crippen LogP contribution in [0.2, 0.25) is 0 Å². The third-order valence-corrected chi connectivity index (χ3v) is 4.29. The SMILES string of the molecule is Cc1ccc(Br)cc1OCCNC1CCCCCC1. The second-order valence-electron chi connectivity index (χ2n) is 5.40. The van der Waals surface area contributed by atoms with Gasteiger partial charge in [0.05, 0.1) is 0 Å². The molecule has 1 N–H and O–H groups in total. The number of aryl methyl sites for hydroxylation is 1. The van der Waals surface area contributed by atoms with E-state index in [0.717, 1.165) is 23.4 Å². The molecule has 19 heavy (non-hydrogen) atoms. The van der Waals surface area contributed by atoms with Gasteiger partial charge in [0.2, 0.25) is 0 Å². The van der Waals surface area contributed by atoms with Crippen molar-refractivity contribution in [2.75, 3.05) is 13.2 Å². The lowest BCUT2D eigenvalue weighted by Crippen LogP contribution is -2.32. The fourth-order valence-corrected chi connectivity index (χ4v) is 2.98. The van der Waals surface area contributed by atoms with Crippen molar-refractivity contribution < 1.29 is 4.74 Å². The van der Waals surface area contributed by atoms with Gasteiger partial charge in [0.25, 0.3) is 0 Å². The van der Waals surface area contributed by atoms with Crippen molar-refractivity contribution in [3.63, 3.8) is 0 Å². The standard InChI is InChI=1S/C16H24BrNO/c1-13-8-9-14(17)12-16(13)19-11-10-18-15-6-4-2-3-5-7-15/h8-9,12,15,18H,2-7,10-11H2,1H3. The lowest BCUT2D eigenvalue weighted by molar-refractivity contribution is 0.298. The Morgan fingerprint density at radius 2 is 1.95 bits per heavy atom. The molecule has 0 spiro atoms. The summed E-state index contributed by atoms with van der Waals surface area (Å²) in [7, 11) is 0. The number of hydrogen-bond acceptors (Lipinski definition) is 2. The average Bonchev–Trinajstić information content (AvgIpc) is 2.67. The minimum atomic E-state index is 0.703. The molecular formula is C16H24BrNO. The molecule has 0 atom stereocenters. The van der Waals surface area contributed by atoms with E-state index in [1.165, 1.54) is 44.1 Å². The normalized spacial score (nSPS) is 17.2. The summed E-state index contributed by atoms with van der Waals surface area (Å²) in [4.78, 5) is 0. The largest absolute Gasteiger partial charge is 0.492 e. The molecule has 0 saturated heterocycles. The molecule has 1 fully saturated rings. The van der Waals surface area contributed by atoms with Gasteiger partial charge in [0, 0.05) is 17.1 Å². The van der Waals surface area contributed by atoms with Crippen molar-refractivity contribution in [3.8, 4) is 5.75 Å². The van der Waals surface area contributed by atoms with Crippen molar-refractivity contribution in [2.24, 2.45) is 0 Å². The zero-order valence-electron chi connectivity index (χ0n) is 11.8. The smallest absolute Gasteiger partial charge is 0.123 e. The van der Waals surface area contributed by atoms with E-state index < -0.39 is 0 Å². The van der Waals surface area contributed by atoms with Crippen LogP contribution in [-0.4, -0.2) is 19.2 Å². The maximum Gasteiger partial charge on any atom is 0.123 e. The highest BCUT2D eigenvalue weighted by Crippen LogP contribution is 2.22. The number of hydrogen-bond donors (Lipinski definition) is 1. The average molecular weight is 326 g/mol. The van der Waals surface area contributed by atoms with Crippen LogP contribution in [0, 0.1) is 6.92 Å². The van der Waals surface area contributed by atoms with E-state index in [2.05, 4.69) is 34.2 Å². The molecule has 106 valence electrons. The second kappa shape index (κ2) is 7.91. The Bertz CT molecular complexity index is 386. The van der Waals surface area contributed by atoms with E-state index >= 15 is 0 Å². The van der Waals surface area contributed by atoms with Gasteiger partial charge < -0.3 is 10.1 Å². The Kier molecular flexibility index (Phi) is 6.18. The molecule has 1 aromatic rings. The summed E-state index contributed by atoms with van der Waals surface area (Å²) in [6.45, 7) is 3.77. The maximum atomic E-state index is 5.85. The van der Waals surface area contributed by atoms with E-state index in [4.69, 9.17) is 4.74 Å². The first-order chi connectivity index (χ1) is 9.25. The van der Waals surface area contributed by atoms with Crippen molar-refractivity contribution in [2.45, 2.75) is 51.5 Å². The molecule has 1 aliphatic carbocycles. The second-order valence-corrected chi connectivity index (χ2v) is 6.32. The van der Waals surface area contributed by atoms with Crippen LogP contribution in [0.4, 0.5) is 0 Å². The summed E-state index contributed by atoms with van der Waals surface area (Å²) in [6.07, 6.45) is 8.23. The minimum Gasteiger partial charge on any atom is -0.492 e. The highest BCUT2D eigenvalue weighted by Gasteiger charge is 2.11.